The van der Waals surface area contributed by atoms with Crippen LogP contribution in [0.25, 0.3) is 0 Å². The third-order valence-corrected chi connectivity index (χ3v) is 4.73. The first-order chi connectivity index (χ1) is 13.6. The summed E-state index contributed by atoms with van der Waals surface area (Å²) in [7, 11) is 1.75. The number of nitrogens with zero attached hydrogens (tertiary/aromatic N) is 3. The predicted molar refractivity (Wildman–Crippen MR) is 109 cm³/mol. The smallest absolute Gasteiger partial charge is 0.317 e. The molecule has 1 aromatic carbocycles. The van der Waals surface area contributed by atoms with E-state index in [0.29, 0.717) is 25.4 Å². The number of benzene rings is 1. The number of nitrogens with one attached hydrogen (secondary N) is 1. The lowest BCUT2D eigenvalue weighted by Gasteiger charge is -2.29. The molecule has 0 bridgehead atoms. The van der Waals surface area contributed by atoms with E-state index in [4.69, 9.17) is 9.47 Å². The molecule has 2 aromatic rings. The highest BCUT2D eigenvalue weighted by molar-refractivity contribution is 5.73. The Labute approximate surface area is 166 Å². The Hall–Kier alpha value is -2.96. The van der Waals surface area contributed by atoms with E-state index < -0.39 is 0 Å². The van der Waals surface area contributed by atoms with Crippen molar-refractivity contribution < 1.29 is 14.3 Å². The summed E-state index contributed by atoms with van der Waals surface area (Å²) in [6, 6.07) is 11.4. The maximum Gasteiger partial charge on any atom is 0.317 e. The van der Waals surface area contributed by atoms with Crippen LogP contribution in [0.4, 0.5) is 10.6 Å². The van der Waals surface area contributed by atoms with Gasteiger partial charge in [0.1, 0.15) is 12.4 Å². The Bertz CT molecular complexity index is 777. The van der Waals surface area contributed by atoms with Crippen LogP contribution in [-0.4, -0.2) is 55.3 Å². The van der Waals surface area contributed by atoms with E-state index in [1.807, 2.05) is 42.6 Å². The van der Waals surface area contributed by atoms with E-state index >= 15 is 0 Å². The number of aromatic nitrogens is 1. The molecule has 28 heavy (non-hydrogen) atoms. The molecule has 3 rings (SSSR count). The monoisotopic (exact) mass is 384 g/mol. The van der Waals surface area contributed by atoms with Gasteiger partial charge in [0.15, 0.2) is 17.6 Å². The van der Waals surface area contributed by atoms with Gasteiger partial charge in [-0.2, -0.15) is 0 Å². The topological polar surface area (TPSA) is 66.9 Å². The number of fused-ring (bicyclic) bond motifs is 1. The van der Waals surface area contributed by atoms with Gasteiger partial charge in [0.25, 0.3) is 0 Å². The Morgan fingerprint density at radius 1 is 1.18 bits per heavy atom. The second-order valence-electron chi connectivity index (χ2n) is 6.73. The average Bonchev–Trinajstić information content (AvgIpc) is 2.73. The fourth-order valence-corrected chi connectivity index (χ4v) is 3.11. The first-order valence-electron chi connectivity index (χ1n) is 9.68. The summed E-state index contributed by atoms with van der Waals surface area (Å²) in [5, 5.41) is 2.92. The van der Waals surface area contributed by atoms with Crippen molar-refractivity contribution in [2.45, 2.75) is 26.5 Å². The van der Waals surface area contributed by atoms with Crippen molar-refractivity contribution in [3.63, 3.8) is 0 Å². The minimum Gasteiger partial charge on any atom is -0.486 e. The fourth-order valence-electron chi connectivity index (χ4n) is 3.11. The summed E-state index contributed by atoms with van der Waals surface area (Å²) in [5.74, 6) is 2.41. The van der Waals surface area contributed by atoms with Crippen molar-refractivity contribution >= 4 is 11.8 Å². The second-order valence-corrected chi connectivity index (χ2v) is 6.73. The summed E-state index contributed by atoms with van der Waals surface area (Å²) >= 11 is 0. The number of carbonyl (C=O) groups excluding carboxylic acids is 1. The lowest BCUT2D eigenvalue weighted by atomic mass is 10.2. The van der Waals surface area contributed by atoms with Crippen molar-refractivity contribution in [3.05, 3.63) is 48.2 Å². The van der Waals surface area contributed by atoms with Crippen LogP contribution in [0.15, 0.2) is 42.6 Å². The summed E-state index contributed by atoms with van der Waals surface area (Å²) in [6.45, 7) is 7.34. The van der Waals surface area contributed by atoms with Crippen molar-refractivity contribution in [2.75, 3.05) is 38.2 Å². The zero-order valence-electron chi connectivity index (χ0n) is 16.7. The first-order valence-corrected chi connectivity index (χ1v) is 9.68. The number of carbonyl (C=O) groups is 1. The van der Waals surface area contributed by atoms with E-state index in [0.717, 1.165) is 30.2 Å². The molecule has 7 nitrogen and oxygen atoms in total. The minimum absolute atomic E-state index is 0.157. The molecule has 150 valence electrons. The van der Waals surface area contributed by atoms with Gasteiger partial charge in [0.2, 0.25) is 0 Å². The molecule has 1 aromatic heterocycles. The zero-order valence-corrected chi connectivity index (χ0v) is 16.7. The lowest BCUT2D eigenvalue weighted by Crippen LogP contribution is -2.45. The normalized spacial score (nSPS) is 15.0. The van der Waals surface area contributed by atoms with E-state index in [1.54, 1.807) is 11.9 Å². The molecule has 1 N–H and O–H groups in total. The molecule has 2 amide bonds. The number of amides is 2. The van der Waals surface area contributed by atoms with Crippen LogP contribution in [0, 0.1) is 0 Å². The molecule has 1 aliphatic heterocycles. The van der Waals surface area contributed by atoms with Gasteiger partial charge in [-0.25, -0.2) is 9.78 Å². The largest absolute Gasteiger partial charge is 0.486 e. The maximum atomic E-state index is 12.4. The molecule has 0 saturated heterocycles. The number of ether oxygens (including phenoxy) is 2. The standard InChI is InChI=1S/C21H28N4O3/c1-4-25(5-2)20-11-10-16(12-22-20)13-23-21(26)24(3)14-17-15-27-18-8-6-7-9-19(18)28-17/h6-12,17H,4-5,13-15H2,1-3H3,(H,23,26). The van der Waals surface area contributed by atoms with E-state index in [-0.39, 0.29) is 12.1 Å². The van der Waals surface area contributed by atoms with Gasteiger partial charge in [0, 0.05) is 32.9 Å². The van der Waals surface area contributed by atoms with E-state index in [2.05, 4.69) is 29.0 Å². The molecule has 0 aliphatic carbocycles. The molecule has 0 radical (unpaired) electrons. The summed E-state index contributed by atoms with van der Waals surface area (Å²) < 4.78 is 11.6. The third-order valence-electron chi connectivity index (χ3n) is 4.73. The van der Waals surface area contributed by atoms with Gasteiger partial charge in [-0.1, -0.05) is 18.2 Å². The van der Waals surface area contributed by atoms with Crippen molar-refractivity contribution in [1.29, 1.82) is 0 Å². The molecule has 0 saturated carbocycles. The molecule has 0 fully saturated rings. The van der Waals surface area contributed by atoms with Crippen LogP contribution >= 0.6 is 0 Å². The Kier molecular flexibility index (Phi) is 6.57. The van der Waals surface area contributed by atoms with Gasteiger partial charge in [-0.05, 0) is 37.6 Å². The summed E-state index contributed by atoms with van der Waals surface area (Å²) in [5.41, 5.74) is 0.962. The molecular formula is C21H28N4O3. The van der Waals surface area contributed by atoms with E-state index in [9.17, 15) is 4.79 Å². The first kappa shape index (κ1) is 19.8. The average molecular weight is 384 g/mol. The lowest BCUT2D eigenvalue weighted by molar-refractivity contribution is 0.0715. The Morgan fingerprint density at radius 3 is 2.61 bits per heavy atom. The third kappa shape index (κ3) is 4.85. The number of pyridine rings is 1. The second kappa shape index (κ2) is 9.30. The number of hydrogen-bond donors (Lipinski definition) is 1. The van der Waals surface area contributed by atoms with Crippen LogP contribution in [0.2, 0.25) is 0 Å². The predicted octanol–water partition coefficient (Wildman–Crippen LogP) is 2.91. The number of anilines is 1. The number of rotatable bonds is 7. The molecule has 1 unspecified atom stereocenters. The molecule has 1 atom stereocenters. The summed E-state index contributed by atoms with van der Waals surface area (Å²) in [6.07, 6.45) is 1.61. The van der Waals surface area contributed by atoms with Gasteiger partial charge in [0.05, 0.1) is 6.54 Å². The minimum atomic E-state index is -0.194. The van der Waals surface area contributed by atoms with Crippen LogP contribution in [0.5, 0.6) is 11.5 Å². The number of urea groups is 1. The molecule has 0 spiro atoms. The number of hydrogen-bond acceptors (Lipinski definition) is 5. The highest BCUT2D eigenvalue weighted by atomic mass is 16.6. The van der Waals surface area contributed by atoms with Gasteiger partial charge in [-0.15, -0.1) is 0 Å². The van der Waals surface area contributed by atoms with E-state index in [1.165, 1.54) is 0 Å². The highest BCUT2D eigenvalue weighted by Crippen LogP contribution is 2.30. The van der Waals surface area contributed by atoms with Crippen LogP contribution in [0.3, 0.4) is 0 Å². The van der Waals surface area contributed by atoms with Crippen LogP contribution in [-0.2, 0) is 6.54 Å². The zero-order chi connectivity index (χ0) is 19.9. The van der Waals surface area contributed by atoms with Crippen molar-refractivity contribution in [1.82, 2.24) is 15.2 Å². The Balaban J connectivity index is 1.47. The van der Waals surface area contributed by atoms with Gasteiger partial charge < -0.3 is 24.6 Å². The van der Waals surface area contributed by atoms with Crippen molar-refractivity contribution in [2.24, 2.45) is 0 Å². The van der Waals surface area contributed by atoms with Crippen LogP contribution in [0.1, 0.15) is 19.4 Å². The van der Waals surface area contributed by atoms with Gasteiger partial charge >= 0.3 is 6.03 Å². The highest BCUT2D eigenvalue weighted by Gasteiger charge is 2.23. The summed E-state index contributed by atoms with van der Waals surface area (Å²) in [4.78, 5) is 20.7. The molecule has 2 heterocycles. The molecular weight excluding hydrogens is 356 g/mol. The maximum absolute atomic E-state index is 12.4. The number of likely N-dealkylation sites (N-methyl/N-ethyl adjacent to an activating group) is 1. The SMILES string of the molecule is CCN(CC)c1ccc(CNC(=O)N(C)CC2COc3ccccc3O2)cn1. The molecule has 1 aliphatic rings. The quantitative estimate of drug-likeness (QED) is 0.795. The van der Waals surface area contributed by atoms with Crippen LogP contribution < -0.4 is 19.7 Å². The van der Waals surface area contributed by atoms with Crippen molar-refractivity contribution in [3.8, 4) is 11.5 Å². The number of para-hydroxylation sites is 2. The fraction of sp³-hybridized carbons (Fsp3) is 0.429. The van der Waals surface area contributed by atoms with Gasteiger partial charge in [-0.3, -0.25) is 0 Å². The Morgan fingerprint density at radius 2 is 1.93 bits per heavy atom. The molecule has 7 heteroatoms.